The average Bonchev–Trinajstić information content (AvgIpc) is 3.43. The quantitative estimate of drug-likeness (QED) is 0.399. The van der Waals surface area contributed by atoms with E-state index in [4.69, 9.17) is 4.98 Å². The van der Waals surface area contributed by atoms with Gasteiger partial charge >= 0.3 is 0 Å². The van der Waals surface area contributed by atoms with Crippen LogP contribution in [0.1, 0.15) is 41.8 Å². The number of piperidine rings is 1. The minimum absolute atomic E-state index is 0.222. The fraction of sp³-hybridized carbons (Fsp3) is 0.333. The lowest BCUT2D eigenvalue weighted by atomic mass is 9.94. The van der Waals surface area contributed by atoms with E-state index in [0.29, 0.717) is 35.6 Å². The molecule has 6 nitrogen and oxygen atoms in total. The van der Waals surface area contributed by atoms with Crippen molar-refractivity contribution in [3.05, 3.63) is 65.2 Å². The summed E-state index contributed by atoms with van der Waals surface area (Å²) in [5.74, 6) is 0.368. The molecule has 0 unspecified atom stereocenters. The van der Waals surface area contributed by atoms with Crippen molar-refractivity contribution in [1.29, 1.82) is 0 Å². The first-order valence-electron chi connectivity index (χ1n) is 12.0. The van der Waals surface area contributed by atoms with Crippen molar-refractivity contribution >= 4 is 53.4 Å². The topological polar surface area (TPSA) is 79.4 Å². The van der Waals surface area contributed by atoms with Gasteiger partial charge in [-0.05, 0) is 77.9 Å². The monoisotopic (exact) mass is 505 g/mol. The van der Waals surface area contributed by atoms with Gasteiger partial charge in [0.15, 0.2) is 5.13 Å². The largest absolute Gasteiger partial charge is 0.298 e. The first-order chi connectivity index (χ1) is 16.8. The zero-order valence-corrected chi connectivity index (χ0v) is 21.4. The molecule has 1 aromatic heterocycles. The molecule has 0 radical (unpaired) electrons. The summed E-state index contributed by atoms with van der Waals surface area (Å²) in [5, 5.41) is 5.89. The molecule has 8 heteroatoms. The predicted octanol–water partition coefficient (Wildman–Crippen LogP) is 5.47. The highest BCUT2D eigenvalue weighted by Crippen LogP contribution is 2.39. The standard InChI is InChI=1S/C27H27N3O3S2/c1-16-12-17(2)15-30(14-16)35(32,33)21-10-8-19(9-11-21)26(31)29-27-28-25-22-5-3-4-18-6-7-20(24(18)22)13-23(25)34-27/h3-5,8-11,13,16-17H,6-7,12,14-15H2,1-2H3,(H,28,29,31)/t16-,17+. The average molecular weight is 506 g/mol. The van der Waals surface area contributed by atoms with Crippen LogP contribution in [0.25, 0.3) is 21.0 Å². The smallest absolute Gasteiger partial charge is 0.257 e. The lowest BCUT2D eigenvalue weighted by molar-refractivity contribution is 0.102. The number of amides is 1. The van der Waals surface area contributed by atoms with Crippen LogP contribution in [0.2, 0.25) is 0 Å². The van der Waals surface area contributed by atoms with Crippen LogP contribution in [0.15, 0.2) is 53.4 Å². The third-order valence-electron chi connectivity index (χ3n) is 7.16. The molecular weight excluding hydrogens is 478 g/mol. The zero-order chi connectivity index (χ0) is 24.3. The summed E-state index contributed by atoms with van der Waals surface area (Å²) < 4.78 is 28.9. The third-order valence-corrected chi connectivity index (χ3v) is 9.92. The van der Waals surface area contributed by atoms with Crippen LogP contribution < -0.4 is 5.32 Å². The normalized spacial score (nSPS) is 20.5. The molecule has 1 amide bonds. The van der Waals surface area contributed by atoms with Crippen molar-refractivity contribution in [2.24, 2.45) is 11.8 Å². The second-order valence-electron chi connectivity index (χ2n) is 9.99. The Balaban J connectivity index is 1.24. The number of carbonyl (C=O) groups excluding carboxylic acids is 1. The minimum Gasteiger partial charge on any atom is -0.298 e. The Kier molecular flexibility index (Phi) is 5.43. The van der Waals surface area contributed by atoms with Crippen LogP contribution in [0, 0.1) is 11.8 Å². The number of sulfonamides is 1. The summed E-state index contributed by atoms with van der Waals surface area (Å²) in [6.07, 6.45) is 3.14. The number of thiazole rings is 1. The SMILES string of the molecule is C[C@@H]1C[C@H](C)CN(S(=O)(=O)c2ccc(C(=O)Nc3nc4c(cc5c6c(cccc64)CC5)s3)cc2)C1. The number of hydrogen-bond acceptors (Lipinski definition) is 5. The van der Waals surface area contributed by atoms with Gasteiger partial charge in [0.25, 0.3) is 5.91 Å². The van der Waals surface area contributed by atoms with Crippen molar-refractivity contribution in [1.82, 2.24) is 9.29 Å². The first-order valence-corrected chi connectivity index (χ1v) is 14.3. The lowest BCUT2D eigenvalue weighted by Crippen LogP contribution is -2.42. The van der Waals surface area contributed by atoms with Crippen molar-refractivity contribution < 1.29 is 13.2 Å². The van der Waals surface area contributed by atoms with E-state index in [0.717, 1.165) is 34.9 Å². The van der Waals surface area contributed by atoms with E-state index in [9.17, 15) is 13.2 Å². The minimum atomic E-state index is -3.58. The molecule has 35 heavy (non-hydrogen) atoms. The summed E-state index contributed by atoms with van der Waals surface area (Å²) in [7, 11) is -3.58. The maximum absolute atomic E-state index is 13.1. The predicted molar refractivity (Wildman–Crippen MR) is 141 cm³/mol. The Hall–Kier alpha value is -2.81. The number of aryl methyl sites for hydroxylation is 2. The Bertz CT molecular complexity index is 1570. The van der Waals surface area contributed by atoms with Gasteiger partial charge in [-0.1, -0.05) is 43.4 Å². The summed E-state index contributed by atoms with van der Waals surface area (Å²) in [4.78, 5) is 17.9. The molecule has 0 saturated carbocycles. The second kappa shape index (κ2) is 8.40. The van der Waals surface area contributed by atoms with E-state index in [1.807, 2.05) is 0 Å². The molecule has 3 aromatic carbocycles. The summed E-state index contributed by atoms with van der Waals surface area (Å²) >= 11 is 1.47. The van der Waals surface area contributed by atoms with Gasteiger partial charge in [-0.25, -0.2) is 13.4 Å². The molecule has 180 valence electrons. The summed E-state index contributed by atoms with van der Waals surface area (Å²) in [5.41, 5.74) is 4.03. The number of benzene rings is 3. The van der Waals surface area contributed by atoms with Crippen molar-refractivity contribution in [2.75, 3.05) is 18.4 Å². The number of nitrogens with one attached hydrogen (secondary N) is 1. The Morgan fingerprint density at radius 2 is 1.74 bits per heavy atom. The van der Waals surface area contributed by atoms with E-state index < -0.39 is 10.0 Å². The molecule has 1 fully saturated rings. The van der Waals surface area contributed by atoms with E-state index in [-0.39, 0.29) is 10.8 Å². The number of hydrogen-bond donors (Lipinski definition) is 1. The fourth-order valence-corrected chi connectivity index (χ4v) is 8.28. The van der Waals surface area contributed by atoms with Crippen molar-refractivity contribution in [3.8, 4) is 0 Å². The van der Waals surface area contributed by atoms with Gasteiger partial charge in [0.05, 0.1) is 15.1 Å². The molecule has 4 aromatic rings. The fourth-order valence-electron chi connectivity index (χ4n) is 5.66. The highest BCUT2D eigenvalue weighted by molar-refractivity contribution is 7.89. The summed E-state index contributed by atoms with van der Waals surface area (Å²) in [6, 6.07) is 14.8. The van der Waals surface area contributed by atoms with Crippen LogP contribution >= 0.6 is 11.3 Å². The highest BCUT2D eigenvalue weighted by Gasteiger charge is 2.31. The van der Waals surface area contributed by atoms with Gasteiger partial charge < -0.3 is 0 Å². The van der Waals surface area contributed by atoms with Gasteiger partial charge in [-0.15, -0.1) is 0 Å². The maximum Gasteiger partial charge on any atom is 0.257 e. The molecule has 2 aliphatic rings. The molecule has 2 heterocycles. The molecule has 0 spiro atoms. The first kappa shape index (κ1) is 22.6. The number of carbonyl (C=O) groups is 1. The van der Waals surface area contributed by atoms with Crippen molar-refractivity contribution in [3.63, 3.8) is 0 Å². The Labute approximate surface area is 209 Å². The lowest BCUT2D eigenvalue weighted by Gasteiger charge is -2.34. The molecule has 6 rings (SSSR count). The van der Waals surface area contributed by atoms with E-state index >= 15 is 0 Å². The Morgan fingerprint density at radius 3 is 2.49 bits per heavy atom. The number of aromatic nitrogens is 1. The zero-order valence-electron chi connectivity index (χ0n) is 19.7. The number of fused-ring (bicyclic) bond motifs is 2. The molecule has 1 N–H and O–H groups in total. The van der Waals surface area contributed by atoms with Crippen LogP contribution in [0.3, 0.4) is 0 Å². The third kappa shape index (κ3) is 3.93. The van der Waals surface area contributed by atoms with Crippen LogP contribution in [-0.4, -0.2) is 36.7 Å². The number of rotatable bonds is 4. The van der Waals surface area contributed by atoms with Gasteiger partial charge in [-0.2, -0.15) is 4.31 Å². The van der Waals surface area contributed by atoms with E-state index in [1.54, 1.807) is 16.4 Å². The number of anilines is 1. The molecular formula is C27H27N3O3S2. The molecule has 1 saturated heterocycles. The molecule has 1 aliphatic heterocycles. The maximum atomic E-state index is 13.1. The van der Waals surface area contributed by atoms with E-state index in [1.165, 1.54) is 40.0 Å². The van der Waals surface area contributed by atoms with Gasteiger partial charge in [-0.3, -0.25) is 10.1 Å². The van der Waals surface area contributed by atoms with Gasteiger partial charge in [0, 0.05) is 24.0 Å². The number of nitrogens with zero attached hydrogens (tertiary/aromatic N) is 2. The van der Waals surface area contributed by atoms with Crippen molar-refractivity contribution in [2.45, 2.75) is 38.0 Å². The second-order valence-corrected chi connectivity index (χ2v) is 13.0. The van der Waals surface area contributed by atoms with Crippen LogP contribution in [-0.2, 0) is 22.9 Å². The van der Waals surface area contributed by atoms with Gasteiger partial charge in [0.1, 0.15) is 0 Å². The highest BCUT2D eigenvalue weighted by atomic mass is 32.2. The molecule has 1 aliphatic carbocycles. The molecule has 0 bridgehead atoms. The van der Waals surface area contributed by atoms with E-state index in [2.05, 4.69) is 43.4 Å². The van der Waals surface area contributed by atoms with Gasteiger partial charge in [0.2, 0.25) is 10.0 Å². The van der Waals surface area contributed by atoms with Crippen LogP contribution in [0.5, 0.6) is 0 Å². The molecule has 2 atom stereocenters. The Morgan fingerprint density at radius 1 is 1.03 bits per heavy atom. The van der Waals surface area contributed by atoms with Crippen LogP contribution in [0.4, 0.5) is 5.13 Å². The summed E-state index contributed by atoms with van der Waals surface area (Å²) in [6.45, 7) is 5.24.